The first-order valence-electron chi connectivity index (χ1n) is 8.35. The fourth-order valence-electron chi connectivity index (χ4n) is 2.63. The molecule has 0 fully saturated rings. The maximum Gasteiger partial charge on any atom is 0.262 e. The number of fused-ring (bicyclic) bond motifs is 1. The molecular weight excluding hydrogens is 413 g/mol. The zero-order chi connectivity index (χ0) is 21.3. The monoisotopic (exact) mass is 425 g/mol. The average Bonchev–Trinajstić information content (AvgIpc) is 3.16. The molecule has 4 aromatic rings. The number of pyridine rings is 1. The summed E-state index contributed by atoms with van der Waals surface area (Å²) in [5, 5.41) is 13.5. The minimum Gasteiger partial charge on any atom is -0.480 e. The van der Waals surface area contributed by atoms with Crippen LogP contribution >= 0.6 is 0 Å². The summed E-state index contributed by atoms with van der Waals surface area (Å²) < 4.78 is 47.2. The van der Waals surface area contributed by atoms with Crippen LogP contribution in [0.25, 0.3) is 17.0 Å². The number of sulfonamides is 1. The van der Waals surface area contributed by atoms with Crippen LogP contribution in [-0.2, 0) is 10.0 Å². The van der Waals surface area contributed by atoms with Crippen molar-refractivity contribution in [1.29, 1.82) is 5.26 Å². The summed E-state index contributed by atoms with van der Waals surface area (Å²) >= 11 is 0. The van der Waals surface area contributed by atoms with Gasteiger partial charge in [0.2, 0.25) is 5.88 Å². The molecule has 0 aliphatic heterocycles. The summed E-state index contributed by atoms with van der Waals surface area (Å²) in [4.78, 5) is 12.1. The normalized spacial score (nSPS) is 11.2. The summed E-state index contributed by atoms with van der Waals surface area (Å²) in [7, 11) is -2.69. The highest BCUT2D eigenvalue weighted by Gasteiger charge is 2.19. The van der Waals surface area contributed by atoms with Gasteiger partial charge < -0.3 is 4.74 Å². The van der Waals surface area contributed by atoms with Crippen LogP contribution in [0.15, 0.2) is 53.8 Å². The van der Waals surface area contributed by atoms with Gasteiger partial charge in [0.05, 0.1) is 24.4 Å². The highest BCUT2D eigenvalue weighted by atomic mass is 32.2. The molecule has 0 spiro atoms. The third-order valence-corrected chi connectivity index (χ3v) is 5.43. The van der Waals surface area contributed by atoms with Crippen LogP contribution in [0.5, 0.6) is 5.88 Å². The first-order chi connectivity index (χ1) is 14.4. The molecule has 3 aromatic heterocycles. The number of hydrogen-bond donors (Lipinski definition) is 1. The van der Waals surface area contributed by atoms with E-state index >= 15 is 0 Å². The maximum atomic E-state index is 13.1. The van der Waals surface area contributed by atoms with Crippen molar-refractivity contribution in [2.45, 2.75) is 4.90 Å². The second-order valence-corrected chi connectivity index (χ2v) is 7.63. The zero-order valence-corrected chi connectivity index (χ0v) is 16.1. The largest absolute Gasteiger partial charge is 0.480 e. The second kappa shape index (κ2) is 7.37. The Kier molecular flexibility index (Phi) is 4.72. The van der Waals surface area contributed by atoms with Crippen LogP contribution in [0.1, 0.15) is 5.69 Å². The van der Waals surface area contributed by atoms with Gasteiger partial charge >= 0.3 is 0 Å². The molecule has 0 saturated heterocycles. The van der Waals surface area contributed by atoms with Gasteiger partial charge in [-0.2, -0.15) is 14.9 Å². The summed E-state index contributed by atoms with van der Waals surface area (Å²) in [6, 6.07) is 7.79. The Morgan fingerprint density at radius 1 is 1.13 bits per heavy atom. The lowest BCUT2D eigenvalue weighted by Gasteiger charge is -2.12. The van der Waals surface area contributed by atoms with E-state index in [4.69, 9.17) is 10.00 Å². The number of imidazole rings is 1. The van der Waals surface area contributed by atoms with Gasteiger partial charge in [0.25, 0.3) is 15.8 Å². The number of nitriles is 1. The SMILES string of the molecule is COc1ncc(-c2cnc3ncc(C#N)n3n2)cc1NS(=O)(=O)c1ccc(F)cc1. The van der Waals surface area contributed by atoms with Gasteiger partial charge in [-0.1, -0.05) is 0 Å². The topological polar surface area (TPSA) is 135 Å². The first kappa shape index (κ1) is 19.2. The first-order valence-corrected chi connectivity index (χ1v) is 9.83. The highest BCUT2D eigenvalue weighted by Crippen LogP contribution is 2.29. The smallest absolute Gasteiger partial charge is 0.262 e. The molecule has 3 heterocycles. The van der Waals surface area contributed by atoms with E-state index in [-0.39, 0.29) is 27.9 Å². The molecule has 4 rings (SSSR count). The molecule has 0 aliphatic rings. The van der Waals surface area contributed by atoms with Crippen LogP contribution in [0, 0.1) is 17.1 Å². The van der Waals surface area contributed by atoms with E-state index in [0.29, 0.717) is 11.3 Å². The summed E-state index contributed by atoms with van der Waals surface area (Å²) in [6.45, 7) is 0. The van der Waals surface area contributed by atoms with Crippen LogP contribution in [0.2, 0.25) is 0 Å². The van der Waals surface area contributed by atoms with E-state index in [2.05, 4.69) is 24.8 Å². The predicted octanol–water partition coefficient (Wildman–Crippen LogP) is 2.01. The number of nitrogens with zero attached hydrogens (tertiary/aromatic N) is 6. The van der Waals surface area contributed by atoms with E-state index in [9.17, 15) is 12.8 Å². The number of aromatic nitrogens is 5. The molecule has 10 nitrogen and oxygen atoms in total. The Hall–Kier alpha value is -4.11. The van der Waals surface area contributed by atoms with Crippen LogP contribution in [0.4, 0.5) is 10.1 Å². The number of nitrogens with one attached hydrogen (secondary N) is 1. The van der Waals surface area contributed by atoms with Crippen LogP contribution < -0.4 is 9.46 Å². The molecule has 0 radical (unpaired) electrons. The number of anilines is 1. The minimum atomic E-state index is -4.03. The van der Waals surface area contributed by atoms with Gasteiger partial charge in [0, 0.05) is 11.8 Å². The van der Waals surface area contributed by atoms with Gasteiger partial charge in [-0.3, -0.25) is 4.72 Å². The number of ether oxygens (including phenoxy) is 1. The van der Waals surface area contributed by atoms with Gasteiger partial charge in [-0.15, -0.1) is 0 Å². The summed E-state index contributed by atoms with van der Waals surface area (Å²) in [5.74, 6) is -0.284. The van der Waals surface area contributed by atoms with E-state index in [1.54, 1.807) is 0 Å². The molecule has 0 amide bonds. The van der Waals surface area contributed by atoms with Crippen molar-refractivity contribution in [2.24, 2.45) is 0 Å². The second-order valence-electron chi connectivity index (χ2n) is 5.95. The fourth-order valence-corrected chi connectivity index (χ4v) is 3.68. The number of methoxy groups -OCH3 is 1. The van der Waals surface area contributed by atoms with Gasteiger partial charge in [0.15, 0.2) is 5.69 Å². The predicted molar refractivity (Wildman–Crippen MR) is 102 cm³/mol. The van der Waals surface area contributed by atoms with Crippen LogP contribution in [-0.4, -0.2) is 40.1 Å². The van der Waals surface area contributed by atoms with E-state index in [1.165, 1.54) is 36.3 Å². The number of hydrogen-bond acceptors (Lipinski definition) is 8. The van der Waals surface area contributed by atoms with Crippen LogP contribution in [0.3, 0.4) is 0 Å². The van der Waals surface area contributed by atoms with E-state index < -0.39 is 15.8 Å². The third kappa shape index (κ3) is 3.49. The van der Waals surface area contributed by atoms with Gasteiger partial charge in [0.1, 0.15) is 23.3 Å². The van der Waals surface area contributed by atoms with Crippen molar-refractivity contribution < 1.29 is 17.5 Å². The fraction of sp³-hybridized carbons (Fsp3) is 0.0556. The lowest BCUT2D eigenvalue weighted by atomic mass is 10.2. The molecule has 1 aromatic carbocycles. The average molecular weight is 425 g/mol. The van der Waals surface area contributed by atoms with Gasteiger partial charge in [-0.25, -0.2) is 27.8 Å². The van der Waals surface area contributed by atoms with Crippen molar-refractivity contribution in [3.63, 3.8) is 0 Å². The maximum absolute atomic E-state index is 13.1. The highest BCUT2D eigenvalue weighted by molar-refractivity contribution is 7.92. The van der Waals surface area contributed by atoms with Crippen molar-refractivity contribution >= 4 is 21.5 Å². The zero-order valence-electron chi connectivity index (χ0n) is 15.3. The molecule has 0 unspecified atom stereocenters. The Bertz CT molecular complexity index is 1400. The molecule has 30 heavy (non-hydrogen) atoms. The molecule has 0 bridgehead atoms. The summed E-state index contributed by atoms with van der Waals surface area (Å²) in [6.07, 6.45) is 4.19. The molecule has 0 atom stereocenters. The van der Waals surface area contributed by atoms with Crippen molar-refractivity contribution in [3.05, 3.63) is 60.4 Å². The summed E-state index contributed by atoms with van der Waals surface area (Å²) in [5.41, 5.74) is 0.986. The molecule has 1 N–H and O–H groups in total. The van der Waals surface area contributed by atoms with E-state index in [1.807, 2.05) is 6.07 Å². The third-order valence-electron chi connectivity index (χ3n) is 4.05. The van der Waals surface area contributed by atoms with Crippen molar-refractivity contribution in [2.75, 3.05) is 11.8 Å². The number of halogens is 1. The Morgan fingerprint density at radius 2 is 1.87 bits per heavy atom. The number of rotatable bonds is 5. The molecule has 0 saturated carbocycles. The number of benzene rings is 1. The molecule has 12 heteroatoms. The lowest BCUT2D eigenvalue weighted by molar-refractivity contribution is 0.400. The Labute approximate surface area is 169 Å². The van der Waals surface area contributed by atoms with E-state index in [0.717, 1.165) is 24.3 Å². The Balaban J connectivity index is 1.76. The standard InChI is InChI=1S/C18H12FN7O3S/c1-29-17-15(25-30(27,28)14-4-2-12(19)3-5-14)6-11(8-21-17)16-10-23-18-22-9-13(7-20)26(18)24-16/h2-6,8-10,25H,1H3. The lowest BCUT2D eigenvalue weighted by Crippen LogP contribution is -2.14. The van der Waals surface area contributed by atoms with Crippen molar-refractivity contribution in [3.8, 4) is 23.2 Å². The van der Waals surface area contributed by atoms with Gasteiger partial charge in [-0.05, 0) is 30.3 Å². The Morgan fingerprint density at radius 3 is 2.57 bits per heavy atom. The minimum absolute atomic E-state index is 0.0267. The molecule has 0 aliphatic carbocycles. The molecular formula is C18H12FN7O3S. The molecule has 150 valence electrons. The van der Waals surface area contributed by atoms with Crippen molar-refractivity contribution in [1.82, 2.24) is 24.6 Å². The quantitative estimate of drug-likeness (QED) is 0.513.